The summed E-state index contributed by atoms with van der Waals surface area (Å²) in [6.07, 6.45) is 3.54. The molecule has 1 N–H and O–H groups in total. The number of hydrogen-bond acceptors (Lipinski definition) is 7. The Kier molecular flexibility index (Phi) is 5.52. The molecule has 1 saturated carbocycles. The average Bonchev–Trinajstić information content (AvgIpc) is 3.33. The van der Waals surface area contributed by atoms with Crippen molar-refractivity contribution in [3.63, 3.8) is 0 Å². The largest absolute Gasteiger partial charge is 0.496 e. The molecule has 27 heavy (non-hydrogen) atoms. The van der Waals surface area contributed by atoms with E-state index in [0.29, 0.717) is 29.3 Å². The van der Waals surface area contributed by atoms with Crippen LogP contribution in [0.15, 0.2) is 18.2 Å². The van der Waals surface area contributed by atoms with Crippen LogP contribution in [0, 0.1) is 6.92 Å². The van der Waals surface area contributed by atoms with Gasteiger partial charge < -0.3 is 14.8 Å². The van der Waals surface area contributed by atoms with E-state index in [0.717, 1.165) is 42.5 Å². The summed E-state index contributed by atoms with van der Waals surface area (Å²) in [7, 11) is 1.60. The summed E-state index contributed by atoms with van der Waals surface area (Å²) in [5, 5.41) is 13.4. The Morgan fingerprint density at radius 2 is 2.15 bits per heavy atom. The van der Waals surface area contributed by atoms with E-state index in [9.17, 15) is 4.79 Å². The number of carbonyl (C=O) groups excluding carboxylic acids is 1. The Morgan fingerprint density at radius 3 is 2.85 bits per heavy atom. The number of ether oxygens (including phenoxy) is 2. The van der Waals surface area contributed by atoms with Crippen molar-refractivity contribution in [1.29, 1.82) is 0 Å². The van der Waals surface area contributed by atoms with Crippen molar-refractivity contribution in [2.24, 2.45) is 0 Å². The van der Waals surface area contributed by atoms with Gasteiger partial charge in [0.05, 0.1) is 19.1 Å². The lowest BCUT2D eigenvalue weighted by Crippen LogP contribution is -2.36. The number of aromatic nitrogens is 2. The van der Waals surface area contributed by atoms with Crippen LogP contribution in [-0.4, -0.2) is 48.4 Å². The Labute approximate surface area is 163 Å². The molecule has 0 radical (unpaired) electrons. The van der Waals surface area contributed by atoms with E-state index in [1.807, 2.05) is 19.1 Å². The lowest BCUT2D eigenvalue weighted by atomic mass is 10.0. The molecule has 0 bridgehead atoms. The minimum Gasteiger partial charge on any atom is -0.496 e. The van der Waals surface area contributed by atoms with Gasteiger partial charge in [0.15, 0.2) is 5.78 Å². The standard InChI is InChI=1S/C20H25N3O3S/c1-12-22-23-20(27-12)11-18(24)16-9-13(3-4-19(16)25-2)15-10-17(15)21-14-5-7-26-8-6-14/h3-4,9,14-15,17,21H,5-8,10-11H2,1-2H3. The Bertz CT molecular complexity index is 817. The molecule has 0 amide bonds. The number of aryl methyl sites for hydroxylation is 1. The summed E-state index contributed by atoms with van der Waals surface area (Å²) >= 11 is 1.46. The van der Waals surface area contributed by atoms with Gasteiger partial charge in [-0.15, -0.1) is 21.5 Å². The van der Waals surface area contributed by atoms with Crippen LogP contribution in [-0.2, 0) is 11.2 Å². The van der Waals surface area contributed by atoms with E-state index in [-0.39, 0.29) is 12.2 Å². The predicted octanol–water partition coefficient (Wildman–Crippen LogP) is 2.91. The molecule has 7 heteroatoms. The minimum atomic E-state index is 0.0273. The molecule has 1 aliphatic carbocycles. The second kappa shape index (κ2) is 8.04. The first-order chi connectivity index (χ1) is 13.1. The van der Waals surface area contributed by atoms with E-state index in [1.54, 1.807) is 7.11 Å². The third-order valence-corrected chi connectivity index (χ3v) is 6.13. The van der Waals surface area contributed by atoms with Crippen LogP contribution < -0.4 is 10.1 Å². The third kappa shape index (κ3) is 4.36. The molecule has 2 aliphatic rings. The molecule has 2 unspecified atom stereocenters. The maximum absolute atomic E-state index is 12.8. The van der Waals surface area contributed by atoms with Crippen LogP contribution >= 0.6 is 11.3 Å². The lowest BCUT2D eigenvalue weighted by molar-refractivity contribution is 0.0774. The maximum atomic E-state index is 12.8. The monoisotopic (exact) mass is 387 g/mol. The Hall–Kier alpha value is -1.83. The molecule has 2 fully saturated rings. The van der Waals surface area contributed by atoms with Crippen LogP contribution in [0.5, 0.6) is 5.75 Å². The van der Waals surface area contributed by atoms with Crippen molar-refractivity contribution in [3.05, 3.63) is 39.3 Å². The first-order valence-corrected chi connectivity index (χ1v) is 10.3. The lowest BCUT2D eigenvalue weighted by Gasteiger charge is -2.23. The summed E-state index contributed by atoms with van der Waals surface area (Å²) in [4.78, 5) is 12.8. The summed E-state index contributed by atoms with van der Waals surface area (Å²) < 4.78 is 10.9. The number of benzene rings is 1. The molecule has 1 aromatic heterocycles. The highest BCUT2D eigenvalue weighted by Crippen LogP contribution is 2.42. The molecule has 6 nitrogen and oxygen atoms in total. The molecule has 1 aromatic carbocycles. The van der Waals surface area contributed by atoms with Gasteiger partial charge in [0, 0.05) is 31.2 Å². The zero-order chi connectivity index (χ0) is 18.8. The molecule has 144 valence electrons. The van der Waals surface area contributed by atoms with E-state index in [1.165, 1.54) is 16.9 Å². The van der Waals surface area contributed by atoms with Crippen molar-refractivity contribution in [2.45, 2.75) is 50.6 Å². The fourth-order valence-electron chi connectivity index (χ4n) is 3.73. The van der Waals surface area contributed by atoms with Crippen LogP contribution in [0.1, 0.15) is 51.1 Å². The van der Waals surface area contributed by atoms with Gasteiger partial charge in [-0.1, -0.05) is 6.07 Å². The number of nitrogens with one attached hydrogen (secondary N) is 1. The van der Waals surface area contributed by atoms with E-state index in [2.05, 4.69) is 21.6 Å². The van der Waals surface area contributed by atoms with E-state index >= 15 is 0 Å². The fourth-order valence-corrected chi connectivity index (χ4v) is 4.44. The molecule has 4 rings (SSSR count). The van der Waals surface area contributed by atoms with Gasteiger partial charge in [-0.25, -0.2) is 0 Å². The van der Waals surface area contributed by atoms with E-state index < -0.39 is 0 Å². The van der Waals surface area contributed by atoms with Gasteiger partial charge in [0.25, 0.3) is 0 Å². The number of hydrogen-bond donors (Lipinski definition) is 1. The van der Waals surface area contributed by atoms with Crippen LogP contribution in [0.3, 0.4) is 0 Å². The summed E-state index contributed by atoms with van der Waals surface area (Å²) in [6, 6.07) is 7.05. The first kappa shape index (κ1) is 18.5. The number of carbonyl (C=O) groups is 1. The third-order valence-electron chi connectivity index (χ3n) is 5.29. The fraction of sp³-hybridized carbons (Fsp3) is 0.550. The number of Topliss-reactive ketones (excluding diaryl/α,β-unsaturated/α-hetero) is 1. The van der Waals surface area contributed by atoms with Crippen molar-refractivity contribution in [3.8, 4) is 5.75 Å². The molecule has 2 atom stereocenters. The van der Waals surface area contributed by atoms with Crippen molar-refractivity contribution >= 4 is 17.1 Å². The molecule has 1 aliphatic heterocycles. The Morgan fingerprint density at radius 1 is 1.33 bits per heavy atom. The topological polar surface area (TPSA) is 73.3 Å². The van der Waals surface area contributed by atoms with Crippen molar-refractivity contribution in [1.82, 2.24) is 15.5 Å². The van der Waals surface area contributed by atoms with Gasteiger partial charge in [0.2, 0.25) is 0 Å². The summed E-state index contributed by atoms with van der Waals surface area (Å²) in [5.74, 6) is 1.12. The number of rotatable bonds is 7. The molecule has 1 saturated heterocycles. The zero-order valence-electron chi connectivity index (χ0n) is 15.7. The SMILES string of the molecule is COc1ccc(C2CC2NC2CCOCC2)cc1C(=O)Cc1nnc(C)s1. The number of ketones is 1. The summed E-state index contributed by atoms with van der Waals surface area (Å²) in [6.45, 7) is 3.59. The first-order valence-electron chi connectivity index (χ1n) is 9.48. The van der Waals surface area contributed by atoms with Gasteiger partial charge in [0.1, 0.15) is 15.8 Å². The van der Waals surface area contributed by atoms with Gasteiger partial charge in [-0.05, 0) is 43.9 Å². The highest BCUT2D eigenvalue weighted by Gasteiger charge is 2.40. The van der Waals surface area contributed by atoms with Crippen LogP contribution in [0.2, 0.25) is 0 Å². The second-order valence-electron chi connectivity index (χ2n) is 7.28. The normalized spacial score (nSPS) is 22.6. The average molecular weight is 388 g/mol. The molecule has 2 aromatic rings. The second-order valence-corrected chi connectivity index (χ2v) is 8.54. The van der Waals surface area contributed by atoms with Crippen molar-refractivity contribution < 1.29 is 14.3 Å². The molecule has 0 spiro atoms. The van der Waals surface area contributed by atoms with Gasteiger partial charge >= 0.3 is 0 Å². The smallest absolute Gasteiger partial charge is 0.173 e. The van der Waals surface area contributed by atoms with Gasteiger partial charge in [-0.3, -0.25) is 4.79 Å². The van der Waals surface area contributed by atoms with E-state index in [4.69, 9.17) is 9.47 Å². The summed E-state index contributed by atoms with van der Waals surface area (Å²) in [5.41, 5.74) is 1.84. The van der Waals surface area contributed by atoms with Crippen LogP contribution in [0.4, 0.5) is 0 Å². The van der Waals surface area contributed by atoms with Crippen molar-refractivity contribution in [2.75, 3.05) is 20.3 Å². The minimum absolute atomic E-state index is 0.0273. The number of methoxy groups -OCH3 is 1. The van der Waals surface area contributed by atoms with Gasteiger partial charge in [-0.2, -0.15) is 0 Å². The Balaban J connectivity index is 1.45. The predicted molar refractivity (Wildman–Crippen MR) is 104 cm³/mol. The molecule has 2 heterocycles. The maximum Gasteiger partial charge on any atom is 0.173 e. The highest BCUT2D eigenvalue weighted by atomic mass is 32.1. The number of nitrogens with zero attached hydrogens (tertiary/aromatic N) is 2. The highest BCUT2D eigenvalue weighted by molar-refractivity contribution is 7.11. The molecular weight excluding hydrogens is 362 g/mol. The van der Waals surface area contributed by atoms with Crippen LogP contribution in [0.25, 0.3) is 0 Å². The zero-order valence-corrected chi connectivity index (χ0v) is 16.6. The quantitative estimate of drug-likeness (QED) is 0.737. The molecular formula is C20H25N3O3S.